The largest absolute Gasteiger partial charge is 0.481 e. The molecule has 1 amide bonds. The molecule has 0 unspecified atom stereocenters. The molecule has 0 aliphatic carbocycles. The third-order valence-electron chi connectivity index (χ3n) is 2.15. The number of carbonyl (C=O) groups excluding carboxylic acids is 1. The number of nitrogens with one attached hydrogen (secondary N) is 1. The summed E-state index contributed by atoms with van der Waals surface area (Å²) in [5.74, 6) is -0.725. The van der Waals surface area contributed by atoms with Gasteiger partial charge < -0.3 is 10.1 Å². The lowest BCUT2D eigenvalue weighted by molar-refractivity contribution is -0.123. The second-order valence-corrected chi connectivity index (χ2v) is 4.19. The van der Waals surface area contributed by atoms with Crippen molar-refractivity contribution in [3.63, 3.8) is 0 Å². The lowest BCUT2D eigenvalue weighted by atomic mass is 10.3. The highest BCUT2D eigenvalue weighted by molar-refractivity contribution is 7.07. The minimum atomic E-state index is -0.482. The van der Waals surface area contributed by atoms with Crippen LogP contribution in [-0.2, 0) is 11.3 Å². The molecule has 18 heavy (non-hydrogen) atoms. The van der Waals surface area contributed by atoms with Gasteiger partial charge in [-0.2, -0.15) is 0 Å². The van der Waals surface area contributed by atoms with Crippen molar-refractivity contribution in [1.82, 2.24) is 10.3 Å². The van der Waals surface area contributed by atoms with Gasteiger partial charge in [0.15, 0.2) is 18.2 Å². The van der Waals surface area contributed by atoms with Crippen molar-refractivity contribution in [1.29, 1.82) is 0 Å². The van der Waals surface area contributed by atoms with E-state index >= 15 is 0 Å². The van der Waals surface area contributed by atoms with Crippen LogP contribution in [0.25, 0.3) is 0 Å². The topological polar surface area (TPSA) is 51.2 Å². The van der Waals surface area contributed by atoms with Crippen molar-refractivity contribution in [3.05, 3.63) is 46.7 Å². The molecule has 1 aromatic carbocycles. The predicted octanol–water partition coefficient (Wildman–Crippen LogP) is 1.98. The van der Waals surface area contributed by atoms with E-state index in [-0.39, 0.29) is 18.3 Å². The summed E-state index contributed by atoms with van der Waals surface area (Å²) in [6, 6.07) is 5.96. The van der Waals surface area contributed by atoms with Gasteiger partial charge in [0.25, 0.3) is 5.91 Å². The van der Waals surface area contributed by atoms with Crippen LogP contribution in [-0.4, -0.2) is 17.5 Å². The average Bonchev–Trinajstić information content (AvgIpc) is 2.88. The number of carbonyl (C=O) groups is 1. The summed E-state index contributed by atoms with van der Waals surface area (Å²) in [7, 11) is 0. The summed E-state index contributed by atoms with van der Waals surface area (Å²) >= 11 is 1.46. The lowest BCUT2D eigenvalue weighted by Crippen LogP contribution is -2.28. The monoisotopic (exact) mass is 266 g/mol. The normalized spacial score (nSPS) is 10.1. The number of benzene rings is 1. The average molecular weight is 266 g/mol. The molecule has 4 nitrogen and oxygen atoms in total. The Morgan fingerprint density at radius 1 is 1.44 bits per heavy atom. The SMILES string of the molecule is O=C(COc1ccccc1F)NCc1cscn1. The van der Waals surface area contributed by atoms with E-state index in [1.165, 1.54) is 23.5 Å². The molecule has 0 saturated heterocycles. The maximum Gasteiger partial charge on any atom is 0.258 e. The number of nitrogens with zero attached hydrogens (tertiary/aromatic N) is 1. The molecular weight excluding hydrogens is 255 g/mol. The molecule has 1 aromatic heterocycles. The zero-order valence-corrected chi connectivity index (χ0v) is 10.2. The first-order chi connectivity index (χ1) is 8.75. The molecule has 2 aromatic rings. The first kappa shape index (κ1) is 12.5. The van der Waals surface area contributed by atoms with Gasteiger partial charge in [-0.25, -0.2) is 9.37 Å². The molecule has 2 rings (SSSR count). The van der Waals surface area contributed by atoms with Crippen LogP contribution in [0, 0.1) is 5.82 Å². The molecule has 0 aliphatic heterocycles. The summed E-state index contributed by atoms with van der Waals surface area (Å²) in [4.78, 5) is 15.5. The fourth-order valence-electron chi connectivity index (χ4n) is 1.27. The molecule has 0 aliphatic rings. The molecule has 0 atom stereocenters. The fourth-order valence-corrected chi connectivity index (χ4v) is 1.83. The van der Waals surface area contributed by atoms with Gasteiger partial charge in [-0.3, -0.25) is 4.79 Å². The van der Waals surface area contributed by atoms with E-state index in [0.29, 0.717) is 6.54 Å². The highest BCUT2D eigenvalue weighted by Gasteiger charge is 2.06. The van der Waals surface area contributed by atoms with Gasteiger partial charge in [0.05, 0.1) is 17.7 Å². The molecule has 0 radical (unpaired) electrons. The summed E-state index contributed by atoms with van der Waals surface area (Å²) in [6.45, 7) is 0.133. The maximum atomic E-state index is 13.2. The van der Waals surface area contributed by atoms with Gasteiger partial charge in [-0.05, 0) is 12.1 Å². The van der Waals surface area contributed by atoms with Crippen molar-refractivity contribution < 1.29 is 13.9 Å². The molecule has 6 heteroatoms. The van der Waals surface area contributed by atoms with Crippen LogP contribution in [0.15, 0.2) is 35.2 Å². The van der Waals surface area contributed by atoms with E-state index in [4.69, 9.17) is 4.74 Å². The molecule has 0 spiro atoms. The van der Waals surface area contributed by atoms with E-state index in [1.807, 2.05) is 5.38 Å². The van der Waals surface area contributed by atoms with E-state index < -0.39 is 5.82 Å². The number of rotatable bonds is 5. The van der Waals surface area contributed by atoms with Crippen molar-refractivity contribution >= 4 is 17.2 Å². The smallest absolute Gasteiger partial charge is 0.258 e. The Kier molecular flexibility index (Phi) is 4.25. The molecule has 94 valence electrons. The standard InChI is InChI=1S/C12H11FN2O2S/c13-10-3-1-2-4-11(10)17-6-12(16)14-5-9-7-18-8-15-9/h1-4,7-8H,5-6H2,(H,14,16). The van der Waals surface area contributed by atoms with Crippen molar-refractivity contribution in [3.8, 4) is 5.75 Å². The van der Waals surface area contributed by atoms with E-state index in [9.17, 15) is 9.18 Å². The van der Waals surface area contributed by atoms with Crippen LogP contribution >= 0.6 is 11.3 Å². The third-order valence-corrected chi connectivity index (χ3v) is 2.78. The predicted molar refractivity (Wildman–Crippen MR) is 65.9 cm³/mol. The first-order valence-electron chi connectivity index (χ1n) is 5.27. The Morgan fingerprint density at radius 3 is 3.00 bits per heavy atom. The Balaban J connectivity index is 1.77. The Labute approximate surface area is 107 Å². The number of para-hydroxylation sites is 1. The number of aromatic nitrogens is 1. The highest BCUT2D eigenvalue weighted by Crippen LogP contribution is 2.14. The van der Waals surface area contributed by atoms with Gasteiger partial charge in [0.2, 0.25) is 0 Å². The van der Waals surface area contributed by atoms with Crippen molar-refractivity contribution in [2.24, 2.45) is 0 Å². The molecule has 1 N–H and O–H groups in total. The summed E-state index contributed by atoms with van der Waals surface area (Å²) in [6.07, 6.45) is 0. The molecule has 1 heterocycles. The lowest BCUT2D eigenvalue weighted by Gasteiger charge is -2.07. The number of hydrogen-bond donors (Lipinski definition) is 1. The molecule has 0 bridgehead atoms. The second-order valence-electron chi connectivity index (χ2n) is 3.48. The van der Waals surface area contributed by atoms with Gasteiger partial charge in [-0.15, -0.1) is 11.3 Å². The number of amides is 1. The van der Waals surface area contributed by atoms with E-state index in [1.54, 1.807) is 17.6 Å². The zero-order chi connectivity index (χ0) is 12.8. The van der Waals surface area contributed by atoms with Crippen LogP contribution in [0.5, 0.6) is 5.75 Å². The van der Waals surface area contributed by atoms with Crippen molar-refractivity contribution in [2.45, 2.75) is 6.54 Å². The van der Waals surface area contributed by atoms with Crippen LogP contribution < -0.4 is 10.1 Å². The first-order valence-corrected chi connectivity index (χ1v) is 6.21. The maximum absolute atomic E-state index is 13.2. The number of thiazole rings is 1. The summed E-state index contributed by atoms with van der Waals surface area (Å²) < 4.78 is 18.2. The zero-order valence-electron chi connectivity index (χ0n) is 9.43. The summed E-state index contributed by atoms with van der Waals surface area (Å²) in [5.41, 5.74) is 2.48. The Hall–Kier alpha value is -1.95. The van der Waals surface area contributed by atoms with Crippen LogP contribution in [0.3, 0.4) is 0 Å². The minimum absolute atomic E-state index is 0.0707. The number of halogens is 1. The van der Waals surface area contributed by atoms with Gasteiger partial charge in [0.1, 0.15) is 0 Å². The third kappa shape index (κ3) is 3.53. The van der Waals surface area contributed by atoms with E-state index in [0.717, 1.165) is 5.69 Å². The van der Waals surface area contributed by atoms with Gasteiger partial charge in [0, 0.05) is 5.38 Å². The van der Waals surface area contributed by atoms with Crippen LogP contribution in [0.1, 0.15) is 5.69 Å². The quantitative estimate of drug-likeness (QED) is 0.900. The van der Waals surface area contributed by atoms with Gasteiger partial charge >= 0.3 is 0 Å². The number of hydrogen-bond acceptors (Lipinski definition) is 4. The van der Waals surface area contributed by atoms with E-state index in [2.05, 4.69) is 10.3 Å². The number of ether oxygens (including phenoxy) is 1. The Bertz CT molecular complexity index is 517. The van der Waals surface area contributed by atoms with Gasteiger partial charge in [-0.1, -0.05) is 12.1 Å². The molecular formula is C12H11FN2O2S. The van der Waals surface area contributed by atoms with Crippen LogP contribution in [0.2, 0.25) is 0 Å². The fraction of sp³-hybridized carbons (Fsp3) is 0.167. The highest BCUT2D eigenvalue weighted by atomic mass is 32.1. The van der Waals surface area contributed by atoms with Crippen LogP contribution in [0.4, 0.5) is 4.39 Å². The summed E-state index contributed by atoms with van der Waals surface area (Å²) in [5, 5.41) is 4.48. The molecule has 0 saturated carbocycles. The minimum Gasteiger partial charge on any atom is -0.481 e. The van der Waals surface area contributed by atoms with Crippen molar-refractivity contribution in [2.75, 3.05) is 6.61 Å². The molecule has 0 fully saturated rings. The second kappa shape index (κ2) is 6.11. The Morgan fingerprint density at radius 2 is 2.28 bits per heavy atom.